The Balaban J connectivity index is 2.01. The average Bonchev–Trinajstić information content (AvgIpc) is 2.62. The van der Waals surface area contributed by atoms with Crippen LogP contribution < -0.4 is 5.32 Å². The van der Waals surface area contributed by atoms with Gasteiger partial charge in [-0.15, -0.1) is 0 Å². The predicted octanol–water partition coefficient (Wildman–Crippen LogP) is 4.16. The van der Waals surface area contributed by atoms with Crippen LogP contribution in [-0.2, 0) is 6.54 Å². The van der Waals surface area contributed by atoms with Crippen molar-refractivity contribution in [1.29, 1.82) is 0 Å². The summed E-state index contributed by atoms with van der Waals surface area (Å²) in [6, 6.07) is 10.6. The molecule has 1 aliphatic rings. The molecule has 2 unspecified atom stereocenters. The van der Waals surface area contributed by atoms with E-state index < -0.39 is 0 Å². The van der Waals surface area contributed by atoms with E-state index >= 15 is 0 Å². The van der Waals surface area contributed by atoms with Gasteiger partial charge in [-0.2, -0.15) is 0 Å². The fraction of sp³-hybridized carbons (Fsp3) is 0.684. The highest BCUT2D eigenvalue weighted by atomic mass is 15.2. The lowest BCUT2D eigenvalue weighted by Crippen LogP contribution is -2.39. The third-order valence-corrected chi connectivity index (χ3v) is 4.74. The van der Waals surface area contributed by atoms with Crippen LogP contribution in [0.15, 0.2) is 24.3 Å². The second kappa shape index (κ2) is 7.95. The minimum Gasteiger partial charge on any atom is -0.313 e. The Morgan fingerprint density at radius 2 is 1.95 bits per heavy atom. The quantitative estimate of drug-likeness (QED) is 0.875. The first-order valence-electron chi connectivity index (χ1n) is 8.66. The van der Waals surface area contributed by atoms with E-state index in [1.165, 1.54) is 36.9 Å². The van der Waals surface area contributed by atoms with Crippen LogP contribution in [0, 0.1) is 0 Å². The largest absolute Gasteiger partial charge is 0.313 e. The summed E-state index contributed by atoms with van der Waals surface area (Å²) in [6.45, 7) is 12.6. The van der Waals surface area contributed by atoms with E-state index in [9.17, 15) is 0 Å². The first kappa shape index (κ1) is 16.5. The monoisotopic (exact) mass is 288 g/mol. The molecule has 0 aromatic heterocycles. The third kappa shape index (κ3) is 4.82. The fourth-order valence-electron chi connectivity index (χ4n) is 3.21. The number of hydrogen-bond acceptors (Lipinski definition) is 2. The molecule has 1 heterocycles. The summed E-state index contributed by atoms with van der Waals surface area (Å²) in [5.74, 6) is 0.620. The van der Waals surface area contributed by atoms with Crippen LogP contribution in [0.5, 0.6) is 0 Å². The summed E-state index contributed by atoms with van der Waals surface area (Å²) in [5, 5.41) is 3.71. The minimum atomic E-state index is 0.620. The lowest BCUT2D eigenvalue weighted by atomic mass is 10.0. The SMILES string of the molecule is CCCC1CN(Cc2ccc(C(C)C)cc2)C(C)CCN1. The molecule has 0 bridgehead atoms. The Hall–Kier alpha value is -0.860. The molecule has 118 valence electrons. The standard InChI is InChI=1S/C19H32N2/c1-5-6-19-14-21(16(4)11-12-20-19)13-17-7-9-18(10-8-17)15(2)3/h7-10,15-16,19-20H,5-6,11-14H2,1-4H3. The molecule has 2 heteroatoms. The molecule has 1 aromatic rings. The number of rotatable bonds is 5. The van der Waals surface area contributed by atoms with Crippen molar-refractivity contribution in [2.24, 2.45) is 0 Å². The summed E-state index contributed by atoms with van der Waals surface area (Å²) in [6.07, 6.45) is 3.81. The molecule has 1 saturated heterocycles. The molecule has 2 atom stereocenters. The summed E-state index contributed by atoms with van der Waals surface area (Å²) < 4.78 is 0. The average molecular weight is 288 g/mol. The zero-order chi connectivity index (χ0) is 15.2. The summed E-state index contributed by atoms with van der Waals surface area (Å²) in [5.41, 5.74) is 2.89. The molecule has 0 amide bonds. The van der Waals surface area contributed by atoms with Crippen molar-refractivity contribution >= 4 is 0 Å². The number of hydrogen-bond donors (Lipinski definition) is 1. The zero-order valence-electron chi connectivity index (χ0n) is 14.2. The van der Waals surface area contributed by atoms with Crippen molar-refractivity contribution in [3.8, 4) is 0 Å². The summed E-state index contributed by atoms with van der Waals surface area (Å²) in [7, 11) is 0. The van der Waals surface area contributed by atoms with Gasteiger partial charge in [0.25, 0.3) is 0 Å². The number of nitrogens with one attached hydrogen (secondary N) is 1. The van der Waals surface area contributed by atoms with Crippen LogP contribution in [0.2, 0.25) is 0 Å². The lowest BCUT2D eigenvalue weighted by Gasteiger charge is -2.29. The Kier molecular flexibility index (Phi) is 6.25. The van der Waals surface area contributed by atoms with Crippen molar-refractivity contribution in [3.05, 3.63) is 35.4 Å². The van der Waals surface area contributed by atoms with Gasteiger partial charge in [-0.1, -0.05) is 51.5 Å². The highest BCUT2D eigenvalue weighted by Crippen LogP contribution is 2.18. The predicted molar refractivity (Wildman–Crippen MR) is 91.7 cm³/mol. The van der Waals surface area contributed by atoms with Crippen LogP contribution in [0.1, 0.15) is 64.0 Å². The van der Waals surface area contributed by atoms with E-state index in [4.69, 9.17) is 0 Å². The highest BCUT2D eigenvalue weighted by molar-refractivity contribution is 5.24. The van der Waals surface area contributed by atoms with E-state index in [0.29, 0.717) is 18.0 Å². The van der Waals surface area contributed by atoms with Crippen molar-refractivity contribution in [3.63, 3.8) is 0 Å². The van der Waals surface area contributed by atoms with Crippen LogP contribution in [-0.4, -0.2) is 30.1 Å². The first-order valence-corrected chi connectivity index (χ1v) is 8.66. The second-order valence-electron chi connectivity index (χ2n) is 6.90. The van der Waals surface area contributed by atoms with E-state index in [1.54, 1.807) is 0 Å². The maximum absolute atomic E-state index is 3.71. The van der Waals surface area contributed by atoms with Crippen molar-refractivity contribution in [2.45, 2.75) is 71.5 Å². The molecule has 0 spiro atoms. The molecule has 21 heavy (non-hydrogen) atoms. The Labute approximate surface area is 130 Å². The second-order valence-corrected chi connectivity index (χ2v) is 6.90. The Morgan fingerprint density at radius 3 is 2.57 bits per heavy atom. The van der Waals surface area contributed by atoms with Gasteiger partial charge in [-0.3, -0.25) is 4.90 Å². The van der Waals surface area contributed by atoms with Gasteiger partial charge in [-0.05, 0) is 43.4 Å². The van der Waals surface area contributed by atoms with Gasteiger partial charge in [0.2, 0.25) is 0 Å². The van der Waals surface area contributed by atoms with E-state index in [2.05, 4.69) is 62.2 Å². The van der Waals surface area contributed by atoms with Gasteiger partial charge < -0.3 is 5.32 Å². The fourth-order valence-corrected chi connectivity index (χ4v) is 3.21. The van der Waals surface area contributed by atoms with Crippen molar-refractivity contribution in [2.75, 3.05) is 13.1 Å². The molecule has 1 aromatic carbocycles. The molecule has 0 radical (unpaired) electrons. The van der Waals surface area contributed by atoms with Gasteiger partial charge in [0.1, 0.15) is 0 Å². The summed E-state index contributed by atoms with van der Waals surface area (Å²) >= 11 is 0. The van der Waals surface area contributed by atoms with Crippen LogP contribution >= 0.6 is 0 Å². The Morgan fingerprint density at radius 1 is 1.24 bits per heavy atom. The van der Waals surface area contributed by atoms with Gasteiger partial charge in [-0.25, -0.2) is 0 Å². The lowest BCUT2D eigenvalue weighted by molar-refractivity contribution is 0.193. The third-order valence-electron chi connectivity index (χ3n) is 4.74. The molecule has 1 N–H and O–H groups in total. The number of benzene rings is 1. The van der Waals surface area contributed by atoms with Gasteiger partial charge >= 0.3 is 0 Å². The number of nitrogens with zero attached hydrogens (tertiary/aromatic N) is 1. The molecule has 1 fully saturated rings. The zero-order valence-corrected chi connectivity index (χ0v) is 14.2. The summed E-state index contributed by atoms with van der Waals surface area (Å²) in [4.78, 5) is 2.66. The molecule has 2 nitrogen and oxygen atoms in total. The molecular formula is C19H32N2. The van der Waals surface area contributed by atoms with Crippen LogP contribution in [0.3, 0.4) is 0 Å². The minimum absolute atomic E-state index is 0.620. The first-order chi connectivity index (χ1) is 10.1. The maximum Gasteiger partial charge on any atom is 0.0237 e. The van der Waals surface area contributed by atoms with Gasteiger partial charge in [0.15, 0.2) is 0 Å². The molecule has 0 aliphatic carbocycles. The van der Waals surface area contributed by atoms with Crippen LogP contribution in [0.25, 0.3) is 0 Å². The molecular weight excluding hydrogens is 256 g/mol. The van der Waals surface area contributed by atoms with E-state index in [1.807, 2.05) is 0 Å². The topological polar surface area (TPSA) is 15.3 Å². The normalized spacial score (nSPS) is 24.2. The van der Waals surface area contributed by atoms with Crippen molar-refractivity contribution in [1.82, 2.24) is 10.2 Å². The van der Waals surface area contributed by atoms with Gasteiger partial charge in [0.05, 0.1) is 0 Å². The van der Waals surface area contributed by atoms with E-state index in [0.717, 1.165) is 13.1 Å². The highest BCUT2D eigenvalue weighted by Gasteiger charge is 2.22. The van der Waals surface area contributed by atoms with E-state index in [-0.39, 0.29) is 0 Å². The van der Waals surface area contributed by atoms with Gasteiger partial charge in [0, 0.05) is 25.2 Å². The Bertz CT molecular complexity index is 410. The smallest absolute Gasteiger partial charge is 0.0237 e. The molecule has 2 rings (SSSR count). The maximum atomic E-state index is 3.71. The van der Waals surface area contributed by atoms with Crippen molar-refractivity contribution < 1.29 is 0 Å². The molecule has 0 saturated carbocycles. The van der Waals surface area contributed by atoms with Crippen LogP contribution in [0.4, 0.5) is 0 Å². The molecule has 1 aliphatic heterocycles.